The van der Waals surface area contributed by atoms with Gasteiger partial charge >= 0.3 is 0 Å². The number of hydrogen-bond acceptors (Lipinski definition) is 3. The van der Waals surface area contributed by atoms with Gasteiger partial charge in [0, 0.05) is 24.8 Å². The number of aromatic amines is 1. The summed E-state index contributed by atoms with van der Waals surface area (Å²) < 4.78 is 0. The van der Waals surface area contributed by atoms with Crippen molar-refractivity contribution in [2.75, 3.05) is 19.0 Å². The van der Waals surface area contributed by atoms with Gasteiger partial charge in [0.2, 0.25) is 0 Å². The molecular formula is C18H15Cl2N3O. The largest absolute Gasteiger partial charge is 0.378 e. The molecule has 3 aromatic rings. The van der Waals surface area contributed by atoms with Gasteiger partial charge < -0.3 is 9.88 Å². The summed E-state index contributed by atoms with van der Waals surface area (Å²) in [7, 11) is 3.96. The molecule has 6 heteroatoms. The van der Waals surface area contributed by atoms with Crippen molar-refractivity contribution in [1.82, 2.24) is 9.97 Å². The van der Waals surface area contributed by atoms with Crippen LogP contribution in [0.5, 0.6) is 0 Å². The molecule has 3 rings (SSSR count). The number of benzene rings is 2. The minimum Gasteiger partial charge on any atom is -0.378 e. The third-order valence-electron chi connectivity index (χ3n) is 3.60. The number of fused-ring (bicyclic) bond motifs is 1. The minimum absolute atomic E-state index is 0.271. The first kappa shape index (κ1) is 16.6. The van der Waals surface area contributed by atoms with Crippen molar-refractivity contribution in [1.29, 1.82) is 0 Å². The fraction of sp³-hybridized carbons (Fsp3) is 0.111. The van der Waals surface area contributed by atoms with E-state index in [1.807, 2.05) is 43.3 Å². The van der Waals surface area contributed by atoms with E-state index in [9.17, 15) is 4.79 Å². The molecule has 24 heavy (non-hydrogen) atoms. The van der Waals surface area contributed by atoms with Gasteiger partial charge in [-0.25, -0.2) is 4.98 Å². The first-order chi connectivity index (χ1) is 11.4. The van der Waals surface area contributed by atoms with E-state index >= 15 is 0 Å². The first-order valence-corrected chi connectivity index (χ1v) is 8.04. The first-order valence-electron chi connectivity index (χ1n) is 7.28. The standard InChI is InChI=1S/C18H15Cl2N3O/c1-23(2)13-6-3-11(4-7-13)9-15(20)17-21-16-8-5-12(19)10-14(16)18(24)22-17/h3-10H,1-2H3,(H,21,22,24)/b15-9-. The highest BCUT2D eigenvalue weighted by molar-refractivity contribution is 6.50. The van der Waals surface area contributed by atoms with Gasteiger partial charge in [-0.1, -0.05) is 35.3 Å². The Labute approximate surface area is 149 Å². The number of aromatic nitrogens is 2. The molecule has 0 atom stereocenters. The van der Waals surface area contributed by atoms with Crippen molar-refractivity contribution in [3.8, 4) is 0 Å². The minimum atomic E-state index is -0.271. The number of hydrogen-bond donors (Lipinski definition) is 1. The second-order valence-corrected chi connectivity index (χ2v) is 6.40. The molecule has 0 bridgehead atoms. The molecule has 0 saturated carbocycles. The van der Waals surface area contributed by atoms with E-state index in [4.69, 9.17) is 23.2 Å². The van der Waals surface area contributed by atoms with Crippen LogP contribution >= 0.6 is 23.2 Å². The van der Waals surface area contributed by atoms with Crippen LogP contribution in [0, 0.1) is 0 Å². The molecule has 0 radical (unpaired) electrons. The molecule has 1 aromatic heterocycles. The van der Waals surface area contributed by atoms with Gasteiger partial charge in [-0.2, -0.15) is 0 Å². The van der Waals surface area contributed by atoms with Crippen molar-refractivity contribution in [3.63, 3.8) is 0 Å². The van der Waals surface area contributed by atoms with Gasteiger partial charge in [-0.05, 0) is 42.0 Å². The molecule has 0 aliphatic rings. The molecule has 0 fully saturated rings. The van der Waals surface area contributed by atoms with Crippen LogP contribution in [0.25, 0.3) is 22.0 Å². The van der Waals surface area contributed by atoms with E-state index in [0.717, 1.165) is 11.3 Å². The maximum atomic E-state index is 12.2. The summed E-state index contributed by atoms with van der Waals surface area (Å²) in [6.45, 7) is 0. The van der Waals surface area contributed by atoms with Crippen molar-refractivity contribution < 1.29 is 0 Å². The fourth-order valence-corrected chi connectivity index (χ4v) is 2.69. The molecule has 0 saturated heterocycles. The zero-order valence-corrected chi connectivity index (χ0v) is 14.7. The second-order valence-electron chi connectivity index (χ2n) is 5.55. The number of H-pyrrole nitrogens is 1. The molecule has 0 aliphatic heterocycles. The van der Waals surface area contributed by atoms with E-state index in [1.54, 1.807) is 24.3 Å². The summed E-state index contributed by atoms with van der Waals surface area (Å²) in [5.41, 5.74) is 2.29. The Hall–Kier alpha value is -2.30. The van der Waals surface area contributed by atoms with Gasteiger partial charge in [0.1, 0.15) is 0 Å². The second kappa shape index (κ2) is 6.67. The van der Waals surface area contributed by atoms with E-state index in [2.05, 4.69) is 9.97 Å². The Morgan fingerprint density at radius 1 is 1.17 bits per heavy atom. The highest BCUT2D eigenvalue weighted by Crippen LogP contribution is 2.22. The fourth-order valence-electron chi connectivity index (χ4n) is 2.31. The van der Waals surface area contributed by atoms with E-state index < -0.39 is 0 Å². The van der Waals surface area contributed by atoms with Crippen LogP contribution in [0.2, 0.25) is 5.02 Å². The lowest BCUT2D eigenvalue weighted by atomic mass is 10.2. The summed E-state index contributed by atoms with van der Waals surface area (Å²) in [6.07, 6.45) is 1.76. The predicted octanol–water partition coefficient (Wildman–Crippen LogP) is 4.38. The normalized spacial score (nSPS) is 11.8. The van der Waals surface area contributed by atoms with Crippen molar-refractivity contribution in [2.24, 2.45) is 0 Å². The van der Waals surface area contributed by atoms with Gasteiger partial charge in [0.25, 0.3) is 5.56 Å². The Morgan fingerprint density at radius 2 is 1.88 bits per heavy atom. The summed E-state index contributed by atoms with van der Waals surface area (Å²) in [6, 6.07) is 12.9. The average Bonchev–Trinajstić information content (AvgIpc) is 2.55. The quantitative estimate of drug-likeness (QED) is 0.754. The summed E-state index contributed by atoms with van der Waals surface area (Å²) in [4.78, 5) is 21.3. The van der Waals surface area contributed by atoms with Crippen LogP contribution in [0.3, 0.4) is 0 Å². The van der Waals surface area contributed by atoms with Gasteiger partial charge in [-0.15, -0.1) is 0 Å². The molecule has 2 aromatic carbocycles. The van der Waals surface area contributed by atoms with E-state index in [1.165, 1.54) is 0 Å². The predicted molar refractivity (Wildman–Crippen MR) is 102 cm³/mol. The molecule has 0 aliphatic carbocycles. The summed E-state index contributed by atoms with van der Waals surface area (Å²) in [5, 5.41) is 1.29. The molecule has 0 unspecified atom stereocenters. The Bertz CT molecular complexity index is 976. The maximum absolute atomic E-state index is 12.2. The number of rotatable bonds is 3. The van der Waals surface area contributed by atoms with Crippen LogP contribution < -0.4 is 10.5 Å². The van der Waals surface area contributed by atoms with Crippen LogP contribution in [0.1, 0.15) is 11.4 Å². The van der Waals surface area contributed by atoms with Crippen molar-refractivity contribution in [2.45, 2.75) is 0 Å². The Balaban J connectivity index is 2.00. The lowest BCUT2D eigenvalue weighted by molar-refractivity contribution is 1.13. The SMILES string of the molecule is CN(C)c1ccc(/C=C(\Cl)c2nc3ccc(Cl)cc3c(=O)[nH]2)cc1. The van der Waals surface area contributed by atoms with Crippen molar-refractivity contribution in [3.05, 3.63) is 69.2 Å². The molecule has 1 heterocycles. The molecule has 4 nitrogen and oxygen atoms in total. The average molecular weight is 360 g/mol. The van der Waals surface area contributed by atoms with Gasteiger partial charge in [-0.3, -0.25) is 4.79 Å². The van der Waals surface area contributed by atoms with Crippen LogP contribution in [-0.2, 0) is 0 Å². The third-order valence-corrected chi connectivity index (χ3v) is 4.12. The van der Waals surface area contributed by atoms with Crippen LogP contribution in [0.15, 0.2) is 47.3 Å². The molecule has 0 spiro atoms. The van der Waals surface area contributed by atoms with Gasteiger partial charge in [0.05, 0.1) is 15.9 Å². The van der Waals surface area contributed by atoms with Crippen molar-refractivity contribution >= 4 is 50.9 Å². The topological polar surface area (TPSA) is 49.0 Å². The van der Waals surface area contributed by atoms with E-state index in [0.29, 0.717) is 26.8 Å². The monoisotopic (exact) mass is 359 g/mol. The number of halogens is 2. The Morgan fingerprint density at radius 3 is 2.54 bits per heavy atom. The maximum Gasteiger partial charge on any atom is 0.259 e. The highest BCUT2D eigenvalue weighted by atomic mass is 35.5. The molecule has 0 amide bonds. The molecule has 122 valence electrons. The van der Waals surface area contributed by atoms with Crippen LogP contribution in [-0.4, -0.2) is 24.1 Å². The van der Waals surface area contributed by atoms with E-state index in [-0.39, 0.29) is 5.56 Å². The van der Waals surface area contributed by atoms with Gasteiger partial charge in [0.15, 0.2) is 5.82 Å². The third kappa shape index (κ3) is 3.45. The summed E-state index contributed by atoms with van der Waals surface area (Å²) >= 11 is 12.3. The lowest BCUT2D eigenvalue weighted by Crippen LogP contribution is -2.10. The number of nitrogens with one attached hydrogen (secondary N) is 1. The molecule has 1 N–H and O–H groups in total. The molecular weight excluding hydrogens is 345 g/mol. The smallest absolute Gasteiger partial charge is 0.259 e. The number of anilines is 1. The Kier molecular flexibility index (Phi) is 4.60. The number of nitrogens with zero attached hydrogens (tertiary/aromatic N) is 2. The summed E-state index contributed by atoms with van der Waals surface area (Å²) in [5.74, 6) is 0.327. The zero-order chi connectivity index (χ0) is 17.3. The lowest BCUT2D eigenvalue weighted by Gasteiger charge is -2.11. The zero-order valence-electron chi connectivity index (χ0n) is 13.2. The van der Waals surface area contributed by atoms with Crippen LogP contribution in [0.4, 0.5) is 5.69 Å². The highest BCUT2D eigenvalue weighted by Gasteiger charge is 2.07.